The first-order chi connectivity index (χ1) is 10.1. The van der Waals surface area contributed by atoms with Gasteiger partial charge in [0.05, 0.1) is 0 Å². The Labute approximate surface area is 136 Å². The van der Waals surface area contributed by atoms with Crippen molar-refractivity contribution in [2.24, 2.45) is 11.8 Å². The summed E-state index contributed by atoms with van der Waals surface area (Å²) in [6.45, 7) is 4.56. The first kappa shape index (κ1) is 15.1. The Morgan fingerprint density at radius 1 is 1.14 bits per heavy atom. The van der Waals surface area contributed by atoms with E-state index in [0.717, 1.165) is 10.9 Å². The Hall–Kier alpha value is -0.830. The highest BCUT2D eigenvalue weighted by atomic mass is 35.5. The zero-order valence-electron chi connectivity index (χ0n) is 12.6. The van der Waals surface area contributed by atoms with Crippen LogP contribution < -0.4 is 5.32 Å². The van der Waals surface area contributed by atoms with Gasteiger partial charge in [0, 0.05) is 22.0 Å². The number of halogens is 1. The summed E-state index contributed by atoms with van der Waals surface area (Å²) >= 11 is 7.89. The maximum absolute atomic E-state index is 6.02. The SMILES string of the molecule is CC(C)C(NC(c1cccs1)C1CC1)c1ccc(Cl)cc1. The lowest BCUT2D eigenvalue weighted by Crippen LogP contribution is -2.30. The smallest absolute Gasteiger partial charge is 0.0448 e. The minimum Gasteiger partial charge on any atom is -0.302 e. The molecule has 1 nitrogen and oxygen atoms in total. The zero-order valence-corrected chi connectivity index (χ0v) is 14.1. The first-order valence-corrected chi connectivity index (χ1v) is 8.96. The second-order valence-electron chi connectivity index (χ2n) is 6.27. The fraction of sp³-hybridized carbons (Fsp3) is 0.444. The molecule has 0 aliphatic heterocycles. The number of nitrogens with one attached hydrogen (secondary N) is 1. The standard InChI is InChI=1S/C18H22ClNS/c1-12(2)17(13-7-9-15(19)10-8-13)20-18(14-5-6-14)16-4-3-11-21-16/h3-4,7-12,14,17-18,20H,5-6H2,1-2H3. The van der Waals surface area contributed by atoms with Gasteiger partial charge in [-0.3, -0.25) is 0 Å². The molecule has 1 fully saturated rings. The van der Waals surface area contributed by atoms with Crippen molar-refractivity contribution in [1.82, 2.24) is 5.32 Å². The molecule has 0 amide bonds. The van der Waals surface area contributed by atoms with Gasteiger partial charge >= 0.3 is 0 Å². The van der Waals surface area contributed by atoms with Crippen LogP contribution in [0.2, 0.25) is 5.02 Å². The molecule has 1 aliphatic rings. The Kier molecular flexibility index (Phi) is 4.68. The molecule has 21 heavy (non-hydrogen) atoms. The first-order valence-electron chi connectivity index (χ1n) is 7.70. The van der Waals surface area contributed by atoms with Crippen molar-refractivity contribution in [1.29, 1.82) is 0 Å². The minimum absolute atomic E-state index is 0.370. The molecule has 1 aliphatic carbocycles. The summed E-state index contributed by atoms with van der Waals surface area (Å²) in [5, 5.41) is 6.90. The van der Waals surface area contributed by atoms with Crippen LogP contribution >= 0.6 is 22.9 Å². The average Bonchev–Trinajstić information content (AvgIpc) is 3.15. The van der Waals surface area contributed by atoms with Crippen LogP contribution in [0.25, 0.3) is 0 Å². The largest absolute Gasteiger partial charge is 0.302 e. The van der Waals surface area contributed by atoms with Gasteiger partial charge in [0.1, 0.15) is 0 Å². The van der Waals surface area contributed by atoms with E-state index in [9.17, 15) is 0 Å². The molecule has 0 spiro atoms. The van der Waals surface area contributed by atoms with Crippen LogP contribution in [0.1, 0.15) is 49.2 Å². The summed E-state index contributed by atoms with van der Waals surface area (Å²) in [4.78, 5) is 1.47. The summed E-state index contributed by atoms with van der Waals surface area (Å²) in [7, 11) is 0. The topological polar surface area (TPSA) is 12.0 Å². The van der Waals surface area contributed by atoms with Gasteiger partial charge < -0.3 is 5.32 Å². The maximum Gasteiger partial charge on any atom is 0.0448 e. The third kappa shape index (κ3) is 3.68. The third-order valence-electron chi connectivity index (χ3n) is 4.20. The van der Waals surface area contributed by atoms with E-state index >= 15 is 0 Å². The van der Waals surface area contributed by atoms with Crippen LogP contribution in [0.3, 0.4) is 0 Å². The van der Waals surface area contributed by atoms with Crippen molar-refractivity contribution in [3.8, 4) is 0 Å². The van der Waals surface area contributed by atoms with Crippen molar-refractivity contribution in [2.75, 3.05) is 0 Å². The van der Waals surface area contributed by atoms with E-state index in [0.29, 0.717) is 18.0 Å². The summed E-state index contributed by atoms with van der Waals surface area (Å²) in [5.74, 6) is 1.35. The van der Waals surface area contributed by atoms with Gasteiger partial charge in [-0.25, -0.2) is 0 Å². The van der Waals surface area contributed by atoms with Crippen LogP contribution in [0.15, 0.2) is 41.8 Å². The second-order valence-corrected chi connectivity index (χ2v) is 7.69. The van der Waals surface area contributed by atoms with Gasteiger partial charge in [0.25, 0.3) is 0 Å². The minimum atomic E-state index is 0.370. The second kappa shape index (κ2) is 6.51. The van der Waals surface area contributed by atoms with Gasteiger partial charge in [-0.2, -0.15) is 0 Å². The molecule has 2 unspecified atom stereocenters. The molecule has 0 bridgehead atoms. The van der Waals surface area contributed by atoms with Crippen LogP contribution in [-0.2, 0) is 0 Å². The lowest BCUT2D eigenvalue weighted by molar-refractivity contribution is 0.345. The van der Waals surface area contributed by atoms with E-state index in [1.54, 1.807) is 0 Å². The van der Waals surface area contributed by atoms with Crippen LogP contribution in [-0.4, -0.2) is 0 Å². The molecule has 2 aromatic rings. The molecule has 112 valence electrons. The van der Waals surface area contributed by atoms with Crippen LogP contribution in [0.5, 0.6) is 0 Å². The molecule has 1 aromatic carbocycles. The number of rotatable bonds is 6. The molecule has 0 radical (unpaired) electrons. The number of hydrogen-bond donors (Lipinski definition) is 1. The molecule has 1 heterocycles. The summed E-state index contributed by atoms with van der Waals surface area (Å²) in [6, 6.07) is 13.6. The van der Waals surface area contributed by atoms with E-state index < -0.39 is 0 Å². The molecule has 1 aromatic heterocycles. The molecular formula is C18H22ClNS. The molecule has 3 heteroatoms. The summed E-state index contributed by atoms with van der Waals surface area (Å²) in [5.41, 5.74) is 1.33. The van der Waals surface area contributed by atoms with Crippen LogP contribution in [0.4, 0.5) is 0 Å². The monoisotopic (exact) mass is 319 g/mol. The lowest BCUT2D eigenvalue weighted by atomic mass is 9.94. The number of thiophene rings is 1. The molecule has 3 rings (SSSR count). The van der Waals surface area contributed by atoms with Crippen molar-refractivity contribution in [3.63, 3.8) is 0 Å². The van der Waals surface area contributed by atoms with Crippen molar-refractivity contribution in [2.45, 2.75) is 38.8 Å². The quantitative estimate of drug-likeness (QED) is 0.705. The van der Waals surface area contributed by atoms with Gasteiger partial charge in [-0.1, -0.05) is 43.6 Å². The fourth-order valence-electron chi connectivity index (χ4n) is 2.89. The zero-order chi connectivity index (χ0) is 14.8. The number of hydrogen-bond acceptors (Lipinski definition) is 2. The van der Waals surface area contributed by atoms with E-state index in [1.807, 2.05) is 23.5 Å². The molecular weight excluding hydrogens is 298 g/mol. The average molecular weight is 320 g/mol. The van der Waals surface area contributed by atoms with Crippen molar-refractivity contribution < 1.29 is 0 Å². The predicted octanol–water partition coefficient (Wildman–Crippen LogP) is 5.84. The maximum atomic E-state index is 6.02. The summed E-state index contributed by atoms with van der Waals surface area (Å²) < 4.78 is 0. The molecule has 1 N–H and O–H groups in total. The Bertz CT molecular complexity index is 557. The highest BCUT2D eigenvalue weighted by molar-refractivity contribution is 7.10. The van der Waals surface area contributed by atoms with E-state index in [-0.39, 0.29) is 0 Å². The Morgan fingerprint density at radius 2 is 1.86 bits per heavy atom. The third-order valence-corrected chi connectivity index (χ3v) is 5.41. The van der Waals surface area contributed by atoms with Gasteiger partial charge in [0.2, 0.25) is 0 Å². The van der Waals surface area contributed by atoms with Crippen LogP contribution in [0, 0.1) is 11.8 Å². The van der Waals surface area contributed by atoms with Crippen molar-refractivity contribution >= 4 is 22.9 Å². The molecule has 0 saturated heterocycles. The van der Waals surface area contributed by atoms with Crippen molar-refractivity contribution in [3.05, 3.63) is 57.2 Å². The Balaban J connectivity index is 1.82. The summed E-state index contributed by atoms with van der Waals surface area (Å²) in [6.07, 6.45) is 2.70. The van der Waals surface area contributed by atoms with E-state index in [1.165, 1.54) is 23.3 Å². The lowest BCUT2D eigenvalue weighted by Gasteiger charge is -2.28. The molecule has 2 atom stereocenters. The van der Waals surface area contributed by atoms with E-state index in [4.69, 9.17) is 11.6 Å². The Morgan fingerprint density at radius 3 is 2.38 bits per heavy atom. The predicted molar refractivity (Wildman–Crippen MR) is 92.0 cm³/mol. The fourth-order valence-corrected chi connectivity index (χ4v) is 3.89. The number of benzene rings is 1. The highest BCUT2D eigenvalue weighted by Gasteiger charge is 2.35. The van der Waals surface area contributed by atoms with Gasteiger partial charge in [0.15, 0.2) is 0 Å². The van der Waals surface area contributed by atoms with E-state index in [2.05, 4.69) is 48.8 Å². The normalized spacial score (nSPS) is 17.9. The van der Waals surface area contributed by atoms with Gasteiger partial charge in [-0.05, 0) is 53.8 Å². The van der Waals surface area contributed by atoms with Gasteiger partial charge in [-0.15, -0.1) is 11.3 Å². The molecule has 1 saturated carbocycles. The highest BCUT2D eigenvalue weighted by Crippen LogP contribution is 2.44.